The van der Waals surface area contributed by atoms with Gasteiger partial charge in [-0.05, 0) is 51.0 Å². The quantitative estimate of drug-likeness (QED) is 0.869. The van der Waals surface area contributed by atoms with Crippen molar-refractivity contribution < 1.29 is 0 Å². The molecule has 0 unspecified atom stereocenters. The molecule has 2 aliphatic carbocycles. The van der Waals surface area contributed by atoms with Gasteiger partial charge in [-0.2, -0.15) is 5.10 Å². The number of nitrogens with zero attached hydrogens (tertiary/aromatic N) is 3. The Labute approximate surface area is 103 Å². The predicted molar refractivity (Wildman–Crippen MR) is 66.7 cm³/mol. The molecule has 0 radical (unpaired) electrons. The minimum absolute atomic E-state index is 0.614. The lowest BCUT2D eigenvalue weighted by atomic mass is 9.81. The van der Waals surface area contributed by atoms with Crippen LogP contribution in [0.4, 0.5) is 0 Å². The van der Waals surface area contributed by atoms with Crippen LogP contribution in [0.5, 0.6) is 0 Å². The van der Waals surface area contributed by atoms with Gasteiger partial charge in [0.1, 0.15) is 5.82 Å². The summed E-state index contributed by atoms with van der Waals surface area (Å²) < 4.78 is 2.01. The first-order valence-electron chi connectivity index (χ1n) is 6.88. The molecule has 94 valence electrons. The maximum absolute atomic E-state index is 5.74. The zero-order chi connectivity index (χ0) is 11.8. The topological polar surface area (TPSA) is 56.7 Å². The molecule has 1 aromatic rings. The summed E-state index contributed by atoms with van der Waals surface area (Å²) in [6.45, 7) is 0.846. The summed E-state index contributed by atoms with van der Waals surface area (Å²) in [6.07, 6.45) is 7.54. The van der Waals surface area contributed by atoms with Crippen LogP contribution in [0, 0.1) is 5.92 Å². The van der Waals surface area contributed by atoms with E-state index >= 15 is 0 Å². The molecule has 0 saturated heterocycles. The second-order valence-electron chi connectivity index (χ2n) is 5.68. The smallest absolute Gasteiger partial charge is 0.154 e. The van der Waals surface area contributed by atoms with Crippen LogP contribution >= 0.6 is 0 Å². The molecule has 4 nitrogen and oxygen atoms in total. The molecule has 1 aromatic heterocycles. The van der Waals surface area contributed by atoms with Gasteiger partial charge >= 0.3 is 0 Å². The maximum Gasteiger partial charge on any atom is 0.154 e. The van der Waals surface area contributed by atoms with E-state index in [1.165, 1.54) is 44.3 Å². The molecule has 3 rings (SSSR count). The van der Waals surface area contributed by atoms with Gasteiger partial charge in [-0.3, -0.25) is 4.68 Å². The summed E-state index contributed by atoms with van der Waals surface area (Å²) in [5.74, 6) is 4.31. The lowest BCUT2D eigenvalue weighted by molar-refractivity contribution is 0.320. The molecule has 0 aliphatic heterocycles. The average Bonchev–Trinajstić information content (AvgIpc) is 3.13. The summed E-state index contributed by atoms with van der Waals surface area (Å²) >= 11 is 0. The molecule has 2 fully saturated rings. The first kappa shape index (κ1) is 11.2. The first-order chi connectivity index (χ1) is 8.28. The molecule has 1 heterocycles. The molecule has 0 amide bonds. The van der Waals surface area contributed by atoms with Crippen LogP contribution in [0.3, 0.4) is 0 Å². The minimum Gasteiger partial charge on any atom is -0.330 e. The Morgan fingerprint density at radius 2 is 1.76 bits per heavy atom. The fourth-order valence-corrected chi connectivity index (χ4v) is 2.94. The Bertz CT molecular complexity index is 386. The Balaban J connectivity index is 1.71. The van der Waals surface area contributed by atoms with E-state index in [9.17, 15) is 0 Å². The summed E-state index contributed by atoms with van der Waals surface area (Å²) in [4.78, 5) is 4.77. The van der Waals surface area contributed by atoms with Crippen molar-refractivity contribution >= 4 is 0 Å². The second kappa shape index (κ2) is 4.41. The van der Waals surface area contributed by atoms with Gasteiger partial charge in [-0.25, -0.2) is 4.98 Å². The van der Waals surface area contributed by atoms with Gasteiger partial charge in [0.25, 0.3) is 0 Å². The number of hydrogen-bond donors (Lipinski definition) is 1. The van der Waals surface area contributed by atoms with Gasteiger partial charge in [-0.15, -0.1) is 0 Å². The van der Waals surface area contributed by atoms with Gasteiger partial charge in [-0.1, -0.05) is 0 Å². The van der Waals surface area contributed by atoms with E-state index in [4.69, 9.17) is 10.7 Å². The molecule has 0 spiro atoms. The monoisotopic (exact) mass is 234 g/mol. The van der Waals surface area contributed by atoms with E-state index in [-0.39, 0.29) is 0 Å². The average molecular weight is 234 g/mol. The molecule has 0 bridgehead atoms. The Morgan fingerprint density at radius 1 is 1.12 bits per heavy atom. The van der Waals surface area contributed by atoms with Crippen LogP contribution in [0.15, 0.2) is 0 Å². The van der Waals surface area contributed by atoms with Crippen LogP contribution in [0.25, 0.3) is 0 Å². The van der Waals surface area contributed by atoms with Gasteiger partial charge in [0.2, 0.25) is 0 Å². The van der Waals surface area contributed by atoms with Crippen molar-refractivity contribution in [3.63, 3.8) is 0 Å². The van der Waals surface area contributed by atoms with E-state index in [1.807, 2.05) is 11.7 Å². The van der Waals surface area contributed by atoms with E-state index in [1.54, 1.807) is 0 Å². The Kier molecular flexibility index (Phi) is 2.90. The molecule has 17 heavy (non-hydrogen) atoms. The number of nitrogens with two attached hydrogens (primary N) is 1. The number of aryl methyl sites for hydroxylation is 1. The third-order valence-electron chi connectivity index (χ3n) is 4.30. The SMILES string of the molecule is Cn1nc(C2CC2)nc1C1CCC(CN)CC1. The highest BCUT2D eigenvalue weighted by atomic mass is 15.3. The van der Waals surface area contributed by atoms with Crippen molar-refractivity contribution in [3.8, 4) is 0 Å². The number of aromatic nitrogens is 3. The van der Waals surface area contributed by atoms with Gasteiger partial charge < -0.3 is 5.73 Å². The molecular formula is C13H22N4. The van der Waals surface area contributed by atoms with Gasteiger partial charge in [0, 0.05) is 18.9 Å². The van der Waals surface area contributed by atoms with Crippen LogP contribution in [-0.2, 0) is 7.05 Å². The highest BCUT2D eigenvalue weighted by molar-refractivity contribution is 5.09. The third-order valence-corrected chi connectivity index (χ3v) is 4.30. The fraction of sp³-hybridized carbons (Fsp3) is 0.846. The summed E-state index contributed by atoms with van der Waals surface area (Å²) in [5, 5.41) is 4.57. The van der Waals surface area contributed by atoms with Crippen molar-refractivity contribution in [2.45, 2.75) is 50.4 Å². The van der Waals surface area contributed by atoms with E-state index in [2.05, 4.69) is 5.10 Å². The molecule has 2 saturated carbocycles. The number of hydrogen-bond acceptors (Lipinski definition) is 3. The highest BCUT2D eigenvalue weighted by Gasteiger charge is 2.31. The van der Waals surface area contributed by atoms with Crippen molar-refractivity contribution in [2.75, 3.05) is 6.54 Å². The molecule has 0 aromatic carbocycles. The van der Waals surface area contributed by atoms with Crippen LogP contribution in [0.2, 0.25) is 0 Å². The fourth-order valence-electron chi connectivity index (χ4n) is 2.94. The molecule has 2 aliphatic rings. The Hall–Kier alpha value is -0.900. The second-order valence-corrected chi connectivity index (χ2v) is 5.68. The normalized spacial score (nSPS) is 29.5. The summed E-state index contributed by atoms with van der Waals surface area (Å²) in [6, 6.07) is 0. The zero-order valence-corrected chi connectivity index (χ0v) is 10.6. The van der Waals surface area contributed by atoms with Gasteiger partial charge in [0.05, 0.1) is 0 Å². The summed E-state index contributed by atoms with van der Waals surface area (Å²) in [7, 11) is 2.04. The van der Waals surface area contributed by atoms with Crippen molar-refractivity contribution in [3.05, 3.63) is 11.6 Å². The molecular weight excluding hydrogens is 212 g/mol. The number of rotatable bonds is 3. The summed E-state index contributed by atoms with van der Waals surface area (Å²) in [5.41, 5.74) is 5.74. The highest BCUT2D eigenvalue weighted by Crippen LogP contribution is 2.40. The largest absolute Gasteiger partial charge is 0.330 e. The lowest BCUT2D eigenvalue weighted by Crippen LogP contribution is -2.22. The third kappa shape index (κ3) is 2.23. The zero-order valence-electron chi connectivity index (χ0n) is 10.6. The van der Waals surface area contributed by atoms with Crippen molar-refractivity contribution in [1.82, 2.24) is 14.8 Å². The van der Waals surface area contributed by atoms with E-state index in [0.29, 0.717) is 11.8 Å². The minimum atomic E-state index is 0.614. The Morgan fingerprint density at radius 3 is 2.35 bits per heavy atom. The predicted octanol–water partition coefficient (Wildman–Crippen LogP) is 1.92. The van der Waals surface area contributed by atoms with Gasteiger partial charge in [0.15, 0.2) is 5.82 Å². The van der Waals surface area contributed by atoms with Crippen LogP contribution in [-0.4, -0.2) is 21.3 Å². The van der Waals surface area contributed by atoms with Crippen LogP contribution < -0.4 is 5.73 Å². The van der Waals surface area contributed by atoms with E-state index in [0.717, 1.165) is 18.3 Å². The van der Waals surface area contributed by atoms with Crippen LogP contribution in [0.1, 0.15) is 62.0 Å². The maximum atomic E-state index is 5.74. The van der Waals surface area contributed by atoms with Crippen molar-refractivity contribution in [1.29, 1.82) is 0 Å². The molecule has 2 N–H and O–H groups in total. The standard InChI is InChI=1S/C13H22N4/c1-17-13(15-12(16-17)10-6-7-10)11-4-2-9(8-14)3-5-11/h9-11H,2-8,14H2,1H3. The first-order valence-corrected chi connectivity index (χ1v) is 6.88. The molecule has 0 atom stereocenters. The van der Waals surface area contributed by atoms with E-state index < -0.39 is 0 Å². The van der Waals surface area contributed by atoms with Crippen molar-refractivity contribution in [2.24, 2.45) is 18.7 Å². The molecule has 4 heteroatoms. The lowest BCUT2D eigenvalue weighted by Gasteiger charge is -2.26.